The molecule has 1 amide bonds. The monoisotopic (exact) mass is 468 g/mol. The first-order valence-corrected chi connectivity index (χ1v) is 11.0. The van der Waals surface area contributed by atoms with Crippen LogP contribution in [-0.4, -0.2) is 41.5 Å². The van der Waals surface area contributed by atoms with Gasteiger partial charge in [0.15, 0.2) is 0 Å². The van der Waals surface area contributed by atoms with Crippen LogP contribution in [0, 0.1) is 0 Å². The number of halogens is 1. The van der Waals surface area contributed by atoms with E-state index < -0.39 is 5.97 Å². The number of carbonyl (C=O) groups is 2. The summed E-state index contributed by atoms with van der Waals surface area (Å²) in [5.74, 6) is -0.198. The summed E-state index contributed by atoms with van der Waals surface area (Å²) in [7, 11) is 1.28. The fraction of sp³-hybridized carbons (Fsp3) is 0.182. The third-order valence-electron chi connectivity index (χ3n) is 5.07. The Hall–Kier alpha value is -3.43. The molecule has 8 nitrogen and oxygen atoms in total. The number of amides is 1. The van der Waals surface area contributed by atoms with Crippen LogP contribution in [0.5, 0.6) is 11.8 Å². The number of benzene rings is 1. The van der Waals surface area contributed by atoms with Crippen LogP contribution in [0.4, 0.5) is 5.69 Å². The molecule has 5 rings (SSSR count). The summed E-state index contributed by atoms with van der Waals surface area (Å²) >= 11 is 7.46. The Bertz CT molecular complexity index is 1400. The molecule has 1 aliphatic rings. The number of ether oxygens (including phenoxy) is 2. The molecular weight excluding hydrogens is 452 g/mol. The van der Waals surface area contributed by atoms with Crippen molar-refractivity contribution in [1.82, 2.24) is 15.3 Å². The number of carbonyl (C=O) groups excluding carboxylic acids is 2. The maximum atomic E-state index is 12.6. The van der Waals surface area contributed by atoms with Crippen molar-refractivity contribution in [2.24, 2.45) is 0 Å². The number of hydrogen-bond acceptors (Lipinski definition) is 8. The molecule has 0 fully saturated rings. The van der Waals surface area contributed by atoms with Crippen molar-refractivity contribution in [3.8, 4) is 11.8 Å². The highest BCUT2D eigenvalue weighted by molar-refractivity contribution is 7.21. The van der Waals surface area contributed by atoms with E-state index in [1.807, 2.05) is 25.1 Å². The number of pyridine rings is 2. The molecule has 0 spiro atoms. The fourth-order valence-corrected chi connectivity index (χ4v) is 4.93. The van der Waals surface area contributed by atoms with Crippen LogP contribution in [0.3, 0.4) is 0 Å². The van der Waals surface area contributed by atoms with E-state index in [2.05, 4.69) is 20.6 Å². The average molecular weight is 469 g/mol. The SMILES string of the molecule is COC(=O)c1cc(Cl)nc(Oc2ccc3c(ccc4sc5c(c43)NC[C@@H](C)NC5=O)n2)c1. The van der Waals surface area contributed by atoms with Gasteiger partial charge in [-0.2, -0.15) is 0 Å². The summed E-state index contributed by atoms with van der Waals surface area (Å²) in [5.41, 5.74) is 1.75. The minimum Gasteiger partial charge on any atom is -0.465 e. The Kier molecular flexibility index (Phi) is 5.07. The van der Waals surface area contributed by atoms with Gasteiger partial charge < -0.3 is 20.1 Å². The zero-order valence-electron chi connectivity index (χ0n) is 17.1. The van der Waals surface area contributed by atoms with Crippen LogP contribution in [-0.2, 0) is 4.74 Å². The molecule has 0 unspecified atom stereocenters. The van der Waals surface area contributed by atoms with Crippen LogP contribution < -0.4 is 15.4 Å². The quantitative estimate of drug-likeness (QED) is 0.334. The molecule has 32 heavy (non-hydrogen) atoms. The number of methoxy groups -OCH3 is 1. The maximum absolute atomic E-state index is 12.6. The lowest BCUT2D eigenvalue weighted by molar-refractivity contribution is 0.0600. The van der Waals surface area contributed by atoms with E-state index in [0.29, 0.717) is 22.8 Å². The van der Waals surface area contributed by atoms with Crippen molar-refractivity contribution >= 4 is 61.5 Å². The van der Waals surface area contributed by atoms with E-state index in [0.717, 1.165) is 21.2 Å². The van der Waals surface area contributed by atoms with Crippen molar-refractivity contribution in [2.75, 3.05) is 19.0 Å². The van der Waals surface area contributed by atoms with Crippen LogP contribution in [0.15, 0.2) is 36.4 Å². The smallest absolute Gasteiger partial charge is 0.338 e. The van der Waals surface area contributed by atoms with Gasteiger partial charge in [0.2, 0.25) is 11.8 Å². The van der Waals surface area contributed by atoms with E-state index in [9.17, 15) is 9.59 Å². The van der Waals surface area contributed by atoms with Gasteiger partial charge in [-0.05, 0) is 31.2 Å². The van der Waals surface area contributed by atoms with Crippen molar-refractivity contribution < 1.29 is 19.1 Å². The van der Waals surface area contributed by atoms with Gasteiger partial charge in [-0.3, -0.25) is 4.79 Å². The molecule has 3 aromatic heterocycles. The number of anilines is 1. The molecule has 162 valence electrons. The molecular formula is C22H17ClN4O4S. The van der Waals surface area contributed by atoms with E-state index >= 15 is 0 Å². The van der Waals surface area contributed by atoms with Crippen molar-refractivity contribution in [1.29, 1.82) is 0 Å². The third-order valence-corrected chi connectivity index (χ3v) is 6.41. The third kappa shape index (κ3) is 3.59. The van der Waals surface area contributed by atoms with E-state index in [4.69, 9.17) is 21.1 Å². The van der Waals surface area contributed by atoms with Gasteiger partial charge in [0.05, 0.1) is 23.9 Å². The summed E-state index contributed by atoms with van der Waals surface area (Å²) in [6.07, 6.45) is 0. The summed E-state index contributed by atoms with van der Waals surface area (Å²) < 4.78 is 11.5. The predicted octanol–water partition coefficient (Wildman–Crippen LogP) is 4.62. The zero-order chi connectivity index (χ0) is 22.4. The first-order valence-electron chi connectivity index (χ1n) is 9.77. The topological polar surface area (TPSA) is 102 Å². The number of thiophene rings is 1. The number of hydrogen-bond donors (Lipinski definition) is 2. The van der Waals surface area contributed by atoms with Gasteiger partial charge in [0, 0.05) is 40.2 Å². The highest BCUT2D eigenvalue weighted by Crippen LogP contribution is 2.41. The van der Waals surface area contributed by atoms with Gasteiger partial charge in [-0.15, -0.1) is 11.3 Å². The van der Waals surface area contributed by atoms with Crippen LogP contribution >= 0.6 is 22.9 Å². The molecule has 0 saturated heterocycles. The summed E-state index contributed by atoms with van der Waals surface area (Å²) in [6.45, 7) is 2.60. The lowest BCUT2D eigenvalue weighted by atomic mass is 10.1. The zero-order valence-corrected chi connectivity index (χ0v) is 18.6. The molecule has 1 aromatic carbocycles. The van der Waals surface area contributed by atoms with Gasteiger partial charge >= 0.3 is 5.97 Å². The van der Waals surface area contributed by atoms with Crippen molar-refractivity contribution in [2.45, 2.75) is 13.0 Å². The van der Waals surface area contributed by atoms with E-state index in [-0.39, 0.29) is 28.5 Å². The highest BCUT2D eigenvalue weighted by Gasteiger charge is 2.24. The number of fused-ring (bicyclic) bond motifs is 5. The molecule has 1 aliphatic heterocycles. The first-order chi connectivity index (χ1) is 15.4. The molecule has 0 aliphatic carbocycles. The first kappa shape index (κ1) is 20.5. The van der Waals surface area contributed by atoms with E-state index in [1.165, 1.54) is 30.6 Å². The molecule has 4 aromatic rings. The van der Waals surface area contributed by atoms with Crippen LogP contribution in [0.1, 0.15) is 27.0 Å². The second-order valence-electron chi connectivity index (χ2n) is 7.33. The lowest BCUT2D eigenvalue weighted by Gasteiger charge is -2.10. The number of rotatable bonds is 3. The van der Waals surface area contributed by atoms with E-state index in [1.54, 1.807) is 6.07 Å². The Labute approximate surface area is 191 Å². The lowest BCUT2D eigenvalue weighted by Crippen LogP contribution is -2.34. The second-order valence-corrected chi connectivity index (χ2v) is 8.77. The number of nitrogens with zero attached hydrogens (tertiary/aromatic N) is 2. The molecule has 0 saturated carbocycles. The van der Waals surface area contributed by atoms with Crippen LogP contribution in [0.2, 0.25) is 5.15 Å². The molecule has 10 heteroatoms. The second kappa shape index (κ2) is 7.92. The minimum absolute atomic E-state index is 0.0327. The Morgan fingerprint density at radius 2 is 2.03 bits per heavy atom. The average Bonchev–Trinajstić information content (AvgIpc) is 3.09. The Morgan fingerprint density at radius 3 is 2.84 bits per heavy atom. The highest BCUT2D eigenvalue weighted by atomic mass is 35.5. The molecule has 0 bridgehead atoms. The standard InChI is InChI=1S/C22H17ClN4O4S/c1-10-9-24-19-18-12-3-6-16(31-17-8-11(22(29)30-2)7-15(23)27-17)26-13(12)4-5-14(18)32-20(19)21(28)25-10/h3-8,10,24H,9H2,1-2H3,(H,25,28)/t10-/m1/s1. The Balaban J connectivity index is 1.56. The minimum atomic E-state index is -0.544. The molecule has 4 heterocycles. The van der Waals surface area contributed by atoms with Gasteiger partial charge in [-0.25, -0.2) is 14.8 Å². The molecule has 2 N–H and O–H groups in total. The van der Waals surface area contributed by atoms with Crippen LogP contribution in [0.25, 0.3) is 21.0 Å². The maximum Gasteiger partial charge on any atom is 0.338 e. The van der Waals surface area contributed by atoms with Gasteiger partial charge in [-0.1, -0.05) is 11.6 Å². The summed E-state index contributed by atoms with van der Waals surface area (Å²) in [4.78, 5) is 33.7. The van der Waals surface area contributed by atoms with Gasteiger partial charge in [0.25, 0.3) is 5.91 Å². The fourth-order valence-electron chi connectivity index (χ4n) is 3.63. The number of aromatic nitrogens is 2. The molecule has 1 atom stereocenters. The summed E-state index contributed by atoms with van der Waals surface area (Å²) in [6, 6.07) is 10.3. The molecule has 0 radical (unpaired) electrons. The van der Waals surface area contributed by atoms with Crippen molar-refractivity contribution in [3.05, 3.63) is 52.0 Å². The normalized spacial score (nSPS) is 15.6. The number of nitrogens with one attached hydrogen (secondary N) is 2. The van der Waals surface area contributed by atoms with Gasteiger partial charge in [0.1, 0.15) is 10.0 Å². The Morgan fingerprint density at radius 1 is 1.19 bits per heavy atom. The summed E-state index contributed by atoms with van der Waals surface area (Å²) in [5, 5.41) is 8.35. The van der Waals surface area contributed by atoms with Crippen molar-refractivity contribution in [3.63, 3.8) is 0 Å². The largest absolute Gasteiger partial charge is 0.465 e. The predicted molar refractivity (Wildman–Crippen MR) is 123 cm³/mol. The number of esters is 1.